The Kier molecular flexibility index (Phi) is 7.32. The van der Waals surface area contributed by atoms with E-state index in [4.69, 9.17) is 9.47 Å². The van der Waals surface area contributed by atoms with Gasteiger partial charge in [0.05, 0.1) is 33.1 Å². The minimum absolute atomic E-state index is 0.0789. The molecule has 0 saturated heterocycles. The van der Waals surface area contributed by atoms with Gasteiger partial charge in [0.1, 0.15) is 16.4 Å². The van der Waals surface area contributed by atoms with Crippen molar-refractivity contribution >= 4 is 10.0 Å². The van der Waals surface area contributed by atoms with E-state index in [0.717, 1.165) is 11.1 Å². The lowest BCUT2D eigenvalue weighted by Crippen LogP contribution is -2.30. The summed E-state index contributed by atoms with van der Waals surface area (Å²) in [5, 5.41) is 13.6. The first-order valence-corrected chi connectivity index (χ1v) is 11.2. The number of hydrogen-bond donors (Lipinski definition) is 1. The average Bonchev–Trinajstić information content (AvgIpc) is 3.23. The minimum atomic E-state index is -3.84. The molecule has 166 valence electrons. The Morgan fingerprint density at radius 3 is 1.87 bits per heavy atom. The number of ether oxygens (including phenoxy) is 2. The Balaban J connectivity index is 1.91. The molecule has 1 atom stereocenters. The molecule has 0 saturated carbocycles. The Labute approximate surface area is 182 Å². The number of sulfonamides is 1. The SMILES string of the molecule is COc1ccc(CN(Cc2ccc(OC)cc2)S(=O)(=O)c2cnn(C[C@@H](C)O)c2)cc1. The lowest BCUT2D eigenvalue weighted by Gasteiger charge is -2.22. The molecule has 1 aromatic heterocycles. The maximum atomic E-state index is 13.4. The zero-order chi connectivity index (χ0) is 22.4. The highest BCUT2D eigenvalue weighted by Crippen LogP contribution is 2.23. The highest BCUT2D eigenvalue weighted by molar-refractivity contribution is 7.89. The van der Waals surface area contributed by atoms with Gasteiger partial charge in [-0.15, -0.1) is 0 Å². The molecular weight excluding hydrogens is 418 g/mol. The predicted octanol–water partition coefficient (Wildman–Crippen LogP) is 2.67. The molecule has 3 aromatic rings. The monoisotopic (exact) mass is 445 g/mol. The van der Waals surface area contributed by atoms with E-state index in [0.29, 0.717) is 11.5 Å². The predicted molar refractivity (Wildman–Crippen MR) is 116 cm³/mol. The van der Waals surface area contributed by atoms with Gasteiger partial charge in [0.15, 0.2) is 0 Å². The van der Waals surface area contributed by atoms with Crippen LogP contribution in [0.1, 0.15) is 18.1 Å². The molecule has 0 aliphatic carbocycles. The standard InChI is InChI=1S/C22H27N3O5S/c1-17(26)13-24-16-22(12-23-24)31(27,28)25(14-18-4-8-20(29-2)9-5-18)15-19-6-10-21(30-3)11-7-19/h4-12,16-17,26H,13-15H2,1-3H3/t17-/m1/s1. The van der Waals surface area contributed by atoms with Gasteiger partial charge < -0.3 is 14.6 Å². The van der Waals surface area contributed by atoms with Gasteiger partial charge in [0, 0.05) is 19.3 Å². The van der Waals surface area contributed by atoms with Crippen LogP contribution in [0.2, 0.25) is 0 Å². The molecule has 0 amide bonds. The molecule has 0 fully saturated rings. The molecular formula is C22H27N3O5S. The number of benzene rings is 2. The van der Waals surface area contributed by atoms with Crippen LogP contribution in [0.4, 0.5) is 0 Å². The second-order valence-electron chi connectivity index (χ2n) is 7.22. The molecule has 0 spiro atoms. The highest BCUT2D eigenvalue weighted by atomic mass is 32.2. The minimum Gasteiger partial charge on any atom is -0.497 e. The number of aliphatic hydroxyl groups is 1. The quantitative estimate of drug-likeness (QED) is 0.516. The molecule has 31 heavy (non-hydrogen) atoms. The molecule has 0 aliphatic heterocycles. The van der Waals surface area contributed by atoms with Gasteiger partial charge in [-0.05, 0) is 42.3 Å². The second-order valence-corrected chi connectivity index (χ2v) is 9.15. The summed E-state index contributed by atoms with van der Waals surface area (Å²) in [6.45, 7) is 2.20. The van der Waals surface area contributed by atoms with Crippen LogP contribution in [-0.4, -0.2) is 47.9 Å². The van der Waals surface area contributed by atoms with E-state index in [9.17, 15) is 13.5 Å². The van der Waals surface area contributed by atoms with E-state index in [1.165, 1.54) is 21.4 Å². The molecule has 8 nitrogen and oxygen atoms in total. The summed E-state index contributed by atoms with van der Waals surface area (Å²) in [7, 11) is -0.671. The van der Waals surface area contributed by atoms with E-state index < -0.39 is 16.1 Å². The fourth-order valence-electron chi connectivity index (χ4n) is 3.09. The summed E-state index contributed by atoms with van der Waals surface area (Å²) in [5.74, 6) is 1.40. The average molecular weight is 446 g/mol. The first kappa shape index (κ1) is 22.8. The number of methoxy groups -OCH3 is 2. The van der Waals surface area contributed by atoms with Crippen LogP contribution in [0.15, 0.2) is 65.8 Å². The van der Waals surface area contributed by atoms with E-state index in [1.807, 2.05) is 24.3 Å². The molecule has 0 aliphatic rings. The molecule has 3 rings (SSSR count). The zero-order valence-electron chi connectivity index (χ0n) is 17.8. The summed E-state index contributed by atoms with van der Waals surface area (Å²) in [6.07, 6.45) is 2.12. The fourth-order valence-corrected chi connectivity index (χ4v) is 4.46. The van der Waals surface area contributed by atoms with Gasteiger partial charge in [0.25, 0.3) is 0 Å². The van der Waals surface area contributed by atoms with Crippen molar-refractivity contribution in [1.29, 1.82) is 0 Å². The van der Waals surface area contributed by atoms with Crippen molar-refractivity contribution in [2.45, 2.75) is 37.6 Å². The van der Waals surface area contributed by atoms with E-state index in [1.54, 1.807) is 45.4 Å². The third-order valence-corrected chi connectivity index (χ3v) is 6.48. The first-order valence-electron chi connectivity index (χ1n) is 9.78. The number of aliphatic hydroxyl groups excluding tert-OH is 1. The number of aromatic nitrogens is 2. The normalized spacial score (nSPS) is 12.7. The van der Waals surface area contributed by atoms with Crippen molar-refractivity contribution in [2.75, 3.05) is 14.2 Å². The smallest absolute Gasteiger partial charge is 0.246 e. The van der Waals surface area contributed by atoms with Gasteiger partial charge in [-0.2, -0.15) is 9.40 Å². The molecule has 0 radical (unpaired) electrons. The first-order chi connectivity index (χ1) is 14.8. The summed E-state index contributed by atoms with van der Waals surface area (Å²) in [6, 6.07) is 14.6. The third-order valence-electron chi connectivity index (χ3n) is 4.73. The fraction of sp³-hybridized carbons (Fsp3) is 0.318. The number of rotatable bonds is 10. The molecule has 1 heterocycles. The highest BCUT2D eigenvalue weighted by Gasteiger charge is 2.27. The van der Waals surface area contributed by atoms with Crippen molar-refractivity contribution in [1.82, 2.24) is 14.1 Å². The van der Waals surface area contributed by atoms with Crippen molar-refractivity contribution in [3.8, 4) is 11.5 Å². The van der Waals surface area contributed by atoms with Gasteiger partial charge in [-0.1, -0.05) is 24.3 Å². The Morgan fingerprint density at radius 1 is 0.968 bits per heavy atom. The van der Waals surface area contributed by atoms with Crippen molar-refractivity contribution < 1.29 is 23.0 Å². The Morgan fingerprint density at radius 2 is 1.45 bits per heavy atom. The third kappa shape index (κ3) is 5.84. The van der Waals surface area contributed by atoms with Crippen LogP contribution >= 0.6 is 0 Å². The lowest BCUT2D eigenvalue weighted by atomic mass is 10.2. The van der Waals surface area contributed by atoms with Crippen LogP contribution in [-0.2, 0) is 29.7 Å². The van der Waals surface area contributed by atoms with Crippen LogP contribution in [0.25, 0.3) is 0 Å². The molecule has 0 bridgehead atoms. The summed E-state index contributed by atoms with van der Waals surface area (Å²) < 4.78 is 40.1. The van der Waals surface area contributed by atoms with Crippen LogP contribution < -0.4 is 9.47 Å². The van der Waals surface area contributed by atoms with Gasteiger partial charge >= 0.3 is 0 Å². The van der Waals surface area contributed by atoms with Gasteiger partial charge in [-0.25, -0.2) is 8.42 Å². The summed E-state index contributed by atoms with van der Waals surface area (Å²) in [4.78, 5) is 0.0789. The van der Waals surface area contributed by atoms with Gasteiger partial charge in [0.2, 0.25) is 10.0 Å². The maximum Gasteiger partial charge on any atom is 0.246 e. The van der Waals surface area contributed by atoms with E-state index in [-0.39, 0.29) is 24.5 Å². The molecule has 1 N–H and O–H groups in total. The van der Waals surface area contributed by atoms with Crippen molar-refractivity contribution in [2.24, 2.45) is 0 Å². The van der Waals surface area contributed by atoms with Crippen LogP contribution in [0.5, 0.6) is 11.5 Å². The zero-order valence-corrected chi connectivity index (χ0v) is 18.6. The van der Waals surface area contributed by atoms with Crippen molar-refractivity contribution in [3.63, 3.8) is 0 Å². The largest absolute Gasteiger partial charge is 0.497 e. The summed E-state index contributed by atoms with van der Waals surface area (Å²) in [5.41, 5.74) is 1.66. The topological polar surface area (TPSA) is 93.9 Å². The maximum absolute atomic E-state index is 13.4. The van der Waals surface area contributed by atoms with E-state index >= 15 is 0 Å². The van der Waals surface area contributed by atoms with Crippen LogP contribution in [0, 0.1) is 0 Å². The molecule has 9 heteroatoms. The molecule has 0 unspecified atom stereocenters. The number of nitrogens with zero attached hydrogens (tertiary/aromatic N) is 3. The van der Waals surface area contributed by atoms with E-state index in [2.05, 4.69) is 5.10 Å². The second kappa shape index (κ2) is 9.95. The van der Waals surface area contributed by atoms with Crippen LogP contribution in [0.3, 0.4) is 0 Å². The number of hydrogen-bond acceptors (Lipinski definition) is 6. The summed E-state index contributed by atoms with van der Waals surface area (Å²) >= 11 is 0. The Bertz CT molecular complexity index is 1030. The Hall–Kier alpha value is -2.88. The van der Waals surface area contributed by atoms with Gasteiger partial charge in [-0.3, -0.25) is 4.68 Å². The lowest BCUT2D eigenvalue weighted by molar-refractivity contribution is 0.168. The molecule has 2 aromatic carbocycles. The van der Waals surface area contributed by atoms with Crippen molar-refractivity contribution in [3.05, 3.63) is 72.1 Å².